The molecule has 0 saturated heterocycles. The maximum atomic E-state index is 11.9. The molecule has 2 rings (SSSR count). The van der Waals surface area contributed by atoms with E-state index in [1.807, 2.05) is 30.5 Å². The number of nitrogens with zero attached hydrogens (tertiary/aromatic N) is 2. The first kappa shape index (κ1) is 17.2. The van der Waals surface area contributed by atoms with Crippen molar-refractivity contribution in [3.8, 4) is 0 Å². The van der Waals surface area contributed by atoms with E-state index in [1.165, 1.54) is 11.3 Å². The Morgan fingerprint density at radius 1 is 1.50 bits per heavy atom. The standard InChI is InChI=1S/C14H17ClN4OS2/c1-21-6-5-11(16)13(20)17-14-19-18-12(22-14)8-9-3-2-4-10(15)7-9/h2-4,7,11H,5-6,8,16H2,1H3,(H,17,19,20)/t11-/m0/s1. The predicted octanol–water partition coefficient (Wildman–Crippen LogP) is 2.80. The van der Waals surface area contributed by atoms with Gasteiger partial charge in [0.2, 0.25) is 11.0 Å². The number of hydrogen-bond donors (Lipinski definition) is 2. The van der Waals surface area contributed by atoms with Gasteiger partial charge >= 0.3 is 0 Å². The summed E-state index contributed by atoms with van der Waals surface area (Å²) < 4.78 is 0. The molecule has 1 aromatic carbocycles. The van der Waals surface area contributed by atoms with Crippen LogP contribution in [-0.2, 0) is 11.2 Å². The first-order chi connectivity index (χ1) is 10.6. The Labute approximate surface area is 142 Å². The average Bonchev–Trinajstić information content (AvgIpc) is 2.91. The lowest BCUT2D eigenvalue weighted by Crippen LogP contribution is -2.36. The quantitative estimate of drug-likeness (QED) is 0.797. The van der Waals surface area contributed by atoms with Crippen LogP contribution in [0.2, 0.25) is 5.02 Å². The number of halogens is 1. The lowest BCUT2D eigenvalue weighted by atomic mass is 10.2. The van der Waals surface area contributed by atoms with E-state index in [1.54, 1.807) is 11.8 Å². The third-order valence-corrected chi connectivity index (χ3v) is 4.63. The summed E-state index contributed by atoms with van der Waals surface area (Å²) in [5, 5.41) is 12.8. The number of carbonyl (C=O) groups excluding carboxylic acids is 1. The van der Waals surface area contributed by atoms with E-state index in [0.29, 0.717) is 23.0 Å². The van der Waals surface area contributed by atoms with Crippen molar-refractivity contribution < 1.29 is 4.79 Å². The second kappa shape index (κ2) is 8.47. The van der Waals surface area contributed by atoms with Gasteiger partial charge in [0.05, 0.1) is 6.04 Å². The summed E-state index contributed by atoms with van der Waals surface area (Å²) in [6, 6.07) is 7.07. The first-order valence-corrected chi connectivity index (χ1v) is 9.29. The number of rotatable bonds is 7. The Morgan fingerprint density at radius 3 is 3.05 bits per heavy atom. The number of aromatic nitrogens is 2. The minimum atomic E-state index is -0.521. The molecule has 0 aliphatic rings. The molecule has 5 nitrogen and oxygen atoms in total. The molecule has 3 N–H and O–H groups in total. The molecule has 0 fully saturated rings. The van der Waals surface area contributed by atoms with Crippen molar-refractivity contribution in [3.05, 3.63) is 39.9 Å². The fraction of sp³-hybridized carbons (Fsp3) is 0.357. The van der Waals surface area contributed by atoms with Crippen LogP contribution >= 0.6 is 34.7 Å². The van der Waals surface area contributed by atoms with E-state index in [-0.39, 0.29) is 5.91 Å². The fourth-order valence-corrected chi connectivity index (χ4v) is 3.25. The predicted molar refractivity (Wildman–Crippen MR) is 93.8 cm³/mol. The molecule has 1 aromatic heterocycles. The van der Waals surface area contributed by atoms with Gasteiger partial charge < -0.3 is 5.73 Å². The summed E-state index contributed by atoms with van der Waals surface area (Å²) in [6.45, 7) is 0. The van der Waals surface area contributed by atoms with Crippen molar-refractivity contribution in [2.24, 2.45) is 5.73 Å². The monoisotopic (exact) mass is 356 g/mol. The van der Waals surface area contributed by atoms with E-state index in [0.717, 1.165) is 16.3 Å². The van der Waals surface area contributed by atoms with Gasteiger partial charge in [0, 0.05) is 11.4 Å². The van der Waals surface area contributed by atoms with Crippen molar-refractivity contribution in [3.63, 3.8) is 0 Å². The minimum Gasteiger partial charge on any atom is -0.320 e. The largest absolute Gasteiger partial charge is 0.320 e. The van der Waals surface area contributed by atoms with Crippen LogP contribution in [0, 0.1) is 0 Å². The van der Waals surface area contributed by atoms with Gasteiger partial charge in [-0.15, -0.1) is 10.2 Å². The molecular formula is C14H17ClN4OS2. The molecule has 2 aromatic rings. The normalized spacial score (nSPS) is 12.1. The maximum absolute atomic E-state index is 11.9. The number of benzene rings is 1. The van der Waals surface area contributed by atoms with Crippen LogP contribution in [-0.4, -0.2) is 34.2 Å². The van der Waals surface area contributed by atoms with Gasteiger partial charge in [0.1, 0.15) is 5.01 Å². The summed E-state index contributed by atoms with van der Waals surface area (Å²) in [7, 11) is 0. The van der Waals surface area contributed by atoms with E-state index < -0.39 is 6.04 Å². The number of anilines is 1. The van der Waals surface area contributed by atoms with Crippen LogP contribution in [0.1, 0.15) is 17.0 Å². The highest BCUT2D eigenvalue weighted by Crippen LogP contribution is 2.20. The van der Waals surface area contributed by atoms with Crippen LogP contribution in [0.15, 0.2) is 24.3 Å². The van der Waals surface area contributed by atoms with Gasteiger partial charge in [-0.3, -0.25) is 10.1 Å². The molecular weight excluding hydrogens is 340 g/mol. The van der Waals surface area contributed by atoms with E-state index in [9.17, 15) is 4.79 Å². The highest BCUT2D eigenvalue weighted by Gasteiger charge is 2.15. The van der Waals surface area contributed by atoms with Crippen molar-refractivity contribution in [1.82, 2.24) is 10.2 Å². The lowest BCUT2D eigenvalue weighted by molar-refractivity contribution is -0.117. The fourth-order valence-electron chi connectivity index (χ4n) is 1.77. The highest BCUT2D eigenvalue weighted by atomic mass is 35.5. The molecule has 0 aliphatic heterocycles. The third kappa shape index (κ3) is 5.24. The molecule has 8 heteroatoms. The first-order valence-electron chi connectivity index (χ1n) is 6.70. The third-order valence-electron chi connectivity index (χ3n) is 2.91. The van der Waals surface area contributed by atoms with Crippen molar-refractivity contribution in [1.29, 1.82) is 0 Å². The maximum Gasteiger partial charge on any atom is 0.243 e. The number of amides is 1. The van der Waals surface area contributed by atoms with Crippen LogP contribution in [0.3, 0.4) is 0 Å². The topological polar surface area (TPSA) is 80.9 Å². The average molecular weight is 357 g/mol. The zero-order valence-corrected chi connectivity index (χ0v) is 14.5. The Balaban J connectivity index is 1.92. The van der Waals surface area contributed by atoms with Gasteiger partial charge in [0.25, 0.3) is 0 Å². The van der Waals surface area contributed by atoms with Gasteiger partial charge in [-0.05, 0) is 36.1 Å². The number of carbonyl (C=O) groups is 1. The number of nitrogens with one attached hydrogen (secondary N) is 1. The Bertz CT molecular complexity index is 635. The smallest absolute Gasteiger partial charge is 0.243 e. The zero-order chi connectivity index (χ0) is 15.9. The highest BCUT2D eigenvalue weighted by molar-refractivity contribution is 7.98. The molecule has 0 aliphatic carbocycles. The molecule has 0 bridgehead atoms. The molecule has 0 radical (unpaired) electrons. The summed E-state index contributed by atoms with van der Waals surface area (Å²) in [5.41, 5.74) is 6.87. The Hall–Kier alpha value is -1.15. The van der Waals surface area contributed by atoms with Crippen molar-refractivity contribution in [2.75, 3.05) is 17.3 Å². The second-order valence-corrected chi connectivity index (χ2v) is 7.17. The van der Waals surface area contributed by atoms with Crippen molar-refractivity contribution >= 4 is 45.7 Å². The van der Waals surface area contributed by atoms with Crippen LogP contribution in [0.4, 0.5) is 5.13 Å². The molecule has 1 atom stereocenters. The van der Waals surface area contributed by atoms with Crippen LogP contribution < -0.4 is 11.1 Å². The van der Waals surface area contributed by atoms with Gasteiger partial charge in [-0.2, -0.15) is 11.8 Å². The van der Waals surface area contributed by atoms with Crippen LogP contribution in [0.5, 0.6) is 0 Å². The summed E-state index contributed by atoms with van der Waals surface area (Å²) in [4.78, 5) is 11.9. The molecule has 0 unspecified atom stereocenters. The van der Waals surface area contributed by atoms with E-state index in [2.05, 4.69) is 15.5 Å². The SMILES string of the molecule is CSCC[C@H](N)C(=O)Nc1nnc(Cc2cccc(Cl)c2)s1. The van der Waals surface area contributed by atoms with Crippen molar-refractivity contribution in [2.45, 2.75) is 18.9 Å². The van der Waals surface area contributed by atoms with E-state index >= 15 is 0 Å². The Morgan fingerprint density at radius 2 is 2.32 bits per heavy atom. The lowest BCUT2D eigenvalue weighted by Gasteiger charge is -2.08. The summed E-state index contributed by atoms with van der Waals surface area (Å²) in [6.07, 6.45) is 3.26. The molecule has 118 valence electrons. The number of nitrogens with two attached hydrogens (primary N) is 1. The Kier molecular flexibility index (Phi) is 6.63. The molecule has 1 heterocycles. The van der Waals surface area contributed by atoms with Gasteiger partial charge in [-0.25, -0.2) is 0 Å². The number of thioether (sulfide) groups is 1. The van der Waals surface area contributed by atoms with Crippen LogP contribution in [0.25, 0.3) is 0 Å². The van der Waals surface area contributed by atoms with Gasteiger partial charge in [-0.1, -0.05) is 35.1 Å². The number of hydrogen-bond acceptors (Lipinski definition) is 6. The summed E-state index contributed by atoms with van der Waals surface area (Å²) in [5.74, 6) is 0.629. The molecule has 22 heavy (non-hydrogen) atoms. The molecule has 0 saturated carbocycles. The second-order valence-electron chi connectivity index (χ2n) is 4.68. The van der Waals surface area contributed by atoms with E-state index in [4.69, 9.17) is 17.3 Å². The summed E-state index contributed by atoms with van der Waals surface area (Å²) >= 11 is 8.97. The molecule has 0 spiro atoms. The molecule has 1 amide bonds. The minimum absolute atomic E-state index is 0.223. The zero-order valence-electron chi connectivity index (χ0n) is 12.1. The van der Waals surface area contributed by atoms with Gasteiger partial charge in [0.15, 0.2) is 0 Å².